The van der Waals surface area contributed by atoms with E-state index in [-0.39, 0.29) is 6.33 Å². The molecule has 0 aliphatic carbocycles. The molecule has 0 radical (unpaired) electrons. The maximum absolute atomic E-state index is 2.32. The monoisotopic (exact) mass is 214 g/mol. The molecule has 1 heterocycles. The van der Waals surface area contributed by atoms with Crippen LogP contribution in [-0.2, 0) is 0 Å². The lowest BCUT2D eigenvalue weighted by atomic mass is 10.4. The minimum absolute atomic E-state index is 0.0538. The van der Waals surface area contributed by atoms with Crippen molar-refractivity contribution in [3.63, 3.8) is 0 Å². The summed E-state index contributed by atoms with van der Waals surface area (Å²) in [5, 5.41) is 2.38. The zero-order chi connectivity index (χ0) is 8.39. The van der Waals surface area contributed by atoms with Gasteiger partial charge in [0, 0.05) is 17.3 Å². The summed E-state index contributed by atoms with van der Waals surface area (Å²) in [6.07, 6.45) is 0.0538. The van der Waals surface area contributed by atoms with E-state index in [2.05, 4.69) is 60.0 Å². The van der Waals surface area contributed by atoms with Crippen LogP contribution in [0.5, 0.6) is 0 Å². The highest BCUT2D eigenvalue weighted by molar-refractivity contribution is 8.91. The van der Waals surface area contributed by atoms with Gasteiger partial charge in [-0.2, -0.15) is 0 Å². The highest BCUT2D eigenvalue weighted by Gasteiger charge is 2.23. The van der Waals surface area contributed by atoms with Crippen LogP contribution in [0.1, 0.15) is 6.92 Å². The standard InChI is InChI=1S/C9H11PS2/c1-8-7-11-10(12-8)9-5-3-2-4-6-9/h2-6,8H,7H2,1H3/t8-,10-/m0/s1. The van der Waals surface area contributed by atoms with Gasteiger partial charge in [0.2, 0.25) is 0 Å². The van der Waals surface area contributed by atoms with Crippen molar-refractivity contribution >= 4 is 34.4 Å². The molecule has 12 heavy (non-hydrogen) atoms. The average Bonchev–Trinajstić information content (AvgIpc) is 2.54. The highest BCUT2D eigenvalue weighted by atomic mass is 33.1. The topological polar surface area (TPSA) is 0 Å². The van der Waals surface area contributed by atoms with E-state index < -0.39 is 0 Å². The Morgan fingerprint density at radius 2 is 2.08 bits per heavy atom. The summed E-state index contributed by atoms with van der Waals surface area (Å²) in [6.45, 7) is 2.32. The molecule has 64 valence electrons. The SMILES string of the molecule is C[C@H]1CS[P@](c2ccccc2)S1. The van der Waals surface area contributed by atoms with Crippen molar-refractivity contribution in [3.05, 3.63) is 30.3 Å². The van der Waals surface area contributed by atoms with Gasteiger partial charge < -0.3 is 0 Å². The van der Waals surface area contributed by atoms with Crippen LogP contribution in [0.4, 0.5) is 0 Å². The summed E-state index contributed by atoms with van der Waals surface area (Å²) < 4.78 is 0. The third-order valence-corrected chi connectivity index (χ3v) is 9.99. The summed E-state index contributed by atoms with van der Waals surface area (Å²) in [6, 6.07) is 10.9. The zero-order valence-corrected chi connectivity index (χ0v) is 9.46. The van der Waals surface area contributed by atoms with Gasteiger partial charge in [-0.25, -0.2) is 0 Å². The van der Waals surface area contributed by atoms with Crippen LogP contribution >= 0.6 is 29.1 Å². The third-order valence-electron chi connectivity index (χ3n) is 1.67. The fourth-order valence-corrected chi connectivity index (χ4v) is 10.00. The van der Waals surface area contributed by atoms with E-state index in [4.69, 9.17) is 0 Å². The molecule has 1 saturated heterocycles. The molecule has 1 aliphatic heterocycles. The first kappa shape index (κ1) is 8.93. The predicted octanol–water partition coefficient (Wildman–Crippen LogP) is 3.49. The lowest BCUT2D eigenvalue weighted by Gasteiger charge is -2.07. The van der Waals surface area contributed by atoms with E-state index >= 15 is 0 Å². The molecule has 1 aromatic rings. The van der Waals surface area contributed by atoms with Crippen LogP contribution in [0.2, 0.25) is 0 Å². The van der Waals surface area contributed by atoms with Gasteiger partial charge in [0.15, 0.2) is 0 Å². The van der Waals surface area contributed by atoms with E-state index in [1.54, 1.807) is 0 Å². The molecule has 3 heteroatoms. The van der Waals surface area contributed by atoms with Gasteiger partial charge in [-0.3, -0.25) is 0 Å². The summed E-state index contributed by atoms with van der Waals surface area (Å²) in [7, 11) is 0. The Kier molecular flexibility index (Phi) is 3.00. The van der Waals surface area contributed by atoms with E-state index in [1.165, 1.54) is 11.1 Å². The Balaban J connectivity index is 2.11. The summed E-state index contributed by atoms with van der Waals surface area (Å²) in [4.78, 5) is 0. The molecular formula is C9H11PS2. The van der Waals surface area contributed by atoms with Gasteiger partial charge in [0.25, 0.3) is 0 Å². The quantitative estimate of drug-likeness (QED) is 0.656. The molecule has 0 amide bonds. The van der Waals surface area contributed by atoms with Crippen LogP contribution < -0.4 is 5.30 Å². The Morgan fingerprint density at radius 1 is 1.33 bits per heavy atom. The number of hydrogen-bond donors (Lipinski definition) is 0. The van der Waals surface area contributed by atoms with Gasteiger partial charge in [-0.05, 0) is 5.30 Å². The molecule has 1 aromatic carbocycles. The van der Waals surface area contributed by atoms with Gasteiger partial charge in [-0.15, -0.1) is 22.8 Å². The molecule has 0 spiro atoms. The lowest BCUT2D eigenvalue weighted by Crippen LogP contribution is -1.92. The normalized spacial score (nSPS) is 29.1. The molecule has 0 N–H and O–H groups in total. The number of hydrogen-bond acceptors (Lipinski definition) is 2. The molecule has 0 unspecified atom stereocenters. The van der Waals surface area contributed by atoms with Gasteiger partial charge >= 0.3 is 0 Å². The van der Waals surface area contributed by atoms with Crippen molar-refractivity contribution in [3.8, 4) is 0 Å². The molecule has 2 rings (SSSR count). The Hall–Kier alpha value is 0.350. The first-order chi connectivity index (χ1) is 5.86. The summed E-state index contributed by atoms with van der Waals surface area (Å²) in [5.74, 6) is 1.32. The first-order valence-corrected chi connectivity index (χ1v) is 8.43. The Labute approximate surface area is 82.8 Å². The predicted molar refractivity (Wildman–Crippen MR) is 62.5 cm³/mol. The van der Waals surface area contributed by atoms with Crippen LogP contribution in [0, 0.1) is 0 Å². The van der Waals surface area contributed by atoms with Gasteiger partial charge in [0.1, 0.15) is 0 Å². The zero-order valence-electron chi connectivity index (χ0n) is 6.93. The van der Waals surface area contributed by atoms with Crippen LogP contribution in [-0.4, -0.2) is 11.0 Å². The van der Waals surface area contributed by atoms with Crippen LogP contribution in [0.3, 0.4) is 0 Å². The second-order valence-electron chi connectivity index (χ2n) is 2.80. The second-order valence-corrected chi connectivity index (χ2v) is 9.73. The first-order valence-electron chi connectivity index (χ1n) is 4.01. The summed E-state index contributed by atoms with van der Waals surface area (Å²) >= 11 is 4.28. The van der Waals surface area contributed by atoms with Gasteiger partial charge in [0.05, 0.1) is 0 Å². The van der Waals surface area contributed by atoms with E-state index in [0.717, 1.165) is 5.25 Å². The van der Waals surface area contributed by atoms with Crippen molar-refractivity contribution in [2.45, 2.75) is 12.2 Å². The number of rotatable bonds is 1. The maximum Gasteiger partial charge on any atom is 0.0441 e. The number of benzene rings is 1. The summed E-state index contributed by atoms with van der Waals surface area (Å²) in [5.41, 5.74) is 0. The van der Waals surface area contributed by atoms with Crippen LogP contribution in [0.25, 0.3) is 0 Å². The molecule has 0 saturated carbocycles. The molecule has 0 nitrogen and oxygen atoms in total. The Bertz CT molecular complexity index is 250. The third kappa shape index (κ3) is 1.99. The van der Waals surface area contributed by atoms with Crippen molar-refractivity contribution in [2.75, 3.05) is 5.75 Å². The van der Waals surface area contributed by atoms with E-state index in [1.807, 2.05) is 0 Å². The van der Waals surface area contributed by atoms with E-state index in [9.17, 15) is 0 Å². The molecule has 1 fully saturated rings. The van der Waals surface area contributed by atoms with Gasteiger partial charge in [-0.1, -0.05) is 37.3 Å². The molecule has 2 atom stereocenters. The second kappa shape index (κ2) is 4.04. The van der Waals surface area contributed by atoms with Crippen molar-refractivity contribution in [1.82, 2.24) is 0 Å². The Morgan fingerprint density at radius 3 is 2.67 bits per heavy atom. The fourth-order valence-electron chi connectivity index (χ4n) is 1.08. The van der Waals surface area contributed by atoms with Crippen molar-refractivity contribution < 1.29 is 0 Å². The minimum atomic E-state index is 0.0538. The smallest absolute Gasteiger partial charge is 0.0441 e. The largest absolute Gasteiger partial charge is 0.117 e. The highest BCUT2D eigenvalue weighted by Crippen LogP contribution is 2.67. The maximum atomic E-state index is 2.32. The molecular weight excluding hydrogens is 203 g/mol. The van der Waals surface area contributed by atoms with Crippen molar-refractivity contribution in [1.29, 1.82) is 0 Å². The molecule has 0 bridgehead atoms. The van der Waals surface area contributed by atoms with E-state index in [0.29, 0.717) is 0 Å². The molecule has 1 aliphatic rings. The van der Waals surface area contributed by atoms with Crippen molar-refractivity contribution in [2.24, 2.45) is 0 Å². The van der Waals surface area contributed by atoms with Crippen LogP contribution in [0.15, 0.2) is 30.3 Å². The minimum Gasteiger partial charge on any atom is -0.117 e. The average molecular weight is 214 g/mol. The fraction of sp³-hybridized carbons (Fsp3) is 0.333. The molecule has 0 aromatic heterocycles. The lowest BCUT2D eigenvalue weighted by molar-refractivity contribution is 1.15.